The van der Waals surface area contributed by atoms with Gasteiger partial charge in [0.15, 0.2) is 11.0 Å². The average molecular weight is 440 g/mol. The van der Waals surface area contributed by atoms with Gasteiger partial charge in [0.1, 0.15) is 5.76 Å². The van der Waals surface area contributed by atoms with Crippen LogP contribution in [0.5, 0.6) is 0 Å². The molecule has 0 spiro atoms. The van der Waals surface area contributed by atoms with Crippen LogP contribution in [0.1, 0.15) is 11.3 Å². The van der Waals surface area contributed by atoms with Gasteiger partial charge in [-0.1, -0.05) is 29.4 Å². The van der Waals surface area contributed by atoms with Crippen LogP contribution in [0.3, 0.4) is 0 Å². The lowest BCUT2D eigenvalue weighted by Crippen LogP contribution is -2.15. The molecule has 1 aromatic carbocycles. The summed E-state index contributed by atoms with van der Waals surface area (Å²) in [5.74, 6) is 1.48. The fourth-order valence-electron chi connectivity index (χ4n) is 2.81. The summed E-state index contributed by atoms with van der Waals surface area (Å²) < 4.78 is 7.41. The van der Waals surface area contributed by atoms with Crippen LogP contribution in [0, 0.1) is 6.92 Å². The molecule has 30 heavy (non-hydrogen) atoms. The number of rotatable bonds is 7. The lowest BCUT2D eigenvalue weighted by atomic mass is 10.2. The van der Waals surface area contributed by atoms with E-state index >= 15 is 0 Å². The van der Waals surface area contributed by atoms with Gasteiger partial charge in [0, 0.05) is 28.7 Å². The summed E-state index contributed by atoms with van der Waals surface area (Å²) in [6.07, 6.45) is 5.03. The zero-order valence-electron chi connectivity index (χ0n) is 16.1. The highest BCUT2D eigenvalue weighted by atomic mass is 35.5. The molecule has 1 N–H and O–H groups in total. The van der Waals surface area contributed by atoms with Gasteiger partial charge in [-0.05, 0) is 48.9 Å². The van der Waals surface area contributed by atoms with E-state index in [0.29, 0.717) is 28.2 Å². The SMILES string of the molecule is Cc1ccc(NC(=O)CSc2nnc(-c3ccncc3)n2Cc2ccco2)cc1Cl. The van der Waals surface area contributed by atoms with E-state index in [2.05, 4.69) is 20.5 Å². The Morgan fingerprint density at radius 3 is 2.77 bits per heavy atom. The van der Waals surface area contributed by atoms with Crippen LogP contribution in [-0.2, 0) is 11.3 Å². The van der Waals surface area contributed by atoms with E-state index in [-0.39, 0.29) is 11.7 Å². The quantitative estimate of drug-likeness (QED) is 0.421. The second-order valence-electron chi connectivity index (χ2n) is 6.51. The van der Waals surface area contributed by atoms with Crippen molar-refractivity contribution < 1.29 is 9.21 Å². The first kappa shape index (κ1) is 20.2. The molecule has 0 fully saturated rings. The molecule has 0 bridgehead atoms. The molecular formula is C21H18ClN5O2S. The molecule has 0 aliphatic carbocycles. The smallest absolute Gasteiger partial charge is 0.234 e. The molecule has 0 atom stereocenters. The van der Waals surface area contributed by atoms with Crippen LogP contribution in [0.4, 0.5) is 5.69 Å². The van der Waals surface area contributed by atoms with Crippen LogP contribution in [0.15, 0.2) is 70.7 Å². The number of carbonyl (C=O) groups is 1. The number of halogens is 1. The van der Waals surface area contributed by atoms with E-state index in [1.54, 1.807) is 24.7 Å². The van der Waals surface area contributed by atoms with E-state index < -0.39 is 0 Å². The third kappa shape index (κ3) is 4.72. The molecule has 0 aliphatic heterocycles. The number of anilines is 1. The largest absolute Gasteiger partial charge is 0.467 e. The Morgan fingerprint density at radius 1 is 1.20 bits per heavy atom. The average Bonchev–Trinajstić information content (AvgIpc) is 3.40. The van der Waals surface area contributed by atoms with Gasteiger partial charge in [-0.25, -0.2) is 0 Å². The summed E-state index contributed by atoms with van der Waals surface area (Å²) in [6, 6.07) is 12.9. The third-order valence-corrected chi connectivity index (χ3v) is 5.71. The summed E-state index contributed by atoms with van der Waals surface area (Å²) in [5, 5.41) is 12.7. The molecule has 7 nitrogen and oxygen atoms in total. The number of nitrogens with one attached hydrogen (secondary N) is 1. The van der Waals surface area contributed by atoms with Crippen molar-refractivity contribution in [2.45, 2.75) is 18.6 Å². The molecule has 0 radical (unpaired) electrons. The fraction of sp³-hybridized carbons (Fsp3) is 0.143. The standard InChI is InChI=1S/C21H18ClN5O2S/c1-14-4-5-16(11-18(14)22)24-19(28)13-30-21-26-25-20(15-6-8-23-9-7-15)27(21)12-17-3-2-10-29-17/h2-11H,12-13H2,1H3,(H,24,28). The van der Waals surface area contributed by atoms with Crippen LogP contribution in [0.25, 0.3) is 11.4 Å². The second-order valence-corrected chi connectivity index (χ2v) is 7.86. The molecule has 3 heterocycles. The minimum Gasteiger partial charge on any atom is -0.467 e. The first-order chi connectivity index (χ1) is 14.6. The molecule has 9 heteroatoms. The highest BCUT2D eigenvalue weighted by molar-refractivity contribution is 7.99. The number of thioether (sulfide) groups is 1. The highest BCUT2D eigenvalue weighted by Gasteiger charge is 2.17. The van der Waals surface area contributed by atoms with E-state index in [0.717, 1.165) is 16.9 Å². The van der Waals surface area contributed by atoms with Gasteiger partial charge >= 0.3 is 0 Å². The van der Waals surface area contributed by atoms with Crippen molar-refractivity contribution in [3.63, 3.8) is 0 Å². The topological polar surface area (TPSA) is 85.8 Å². The first-order valence-electron chi connectivity index (χ1n) is 9.15. The summed E-state index contributed by atoms with van der Waals surface area (Å²) in [4.78, 5) is 16.5. The predicted molar refractivity (Wildman–Crippen MR) is 117 cm³/mol. The van der Waals surface area contributed by atoms with Gasteiger partial charge in [-0.15, -0.1) is 10.2 Å². The Kier molecular flexibility index (Phi) is 6.15. The van der Waals surface area contributed by atoms with Crippen molar-refractivity contribution in [1.82, 2.24) is 19.7 Å². The number of amides is 1. The molecule has 152 valence electrons. The lowest BCUT2D eigenvalue weighted by Gasteiger charge is -2.09. The molecule has 0 unspecified atom stereocenters. The van der Waals surface area contributed by atoms with Crippen molar-refractivity contribution in [1.29, 1.82) is 0 Å². The Hall–Kier alpha value is -3.10. The Balaban J connectivity index is 1.51. The number of aryl methyl sites for hydroxylation is 1. The monoisotopic (exact) mass is 439 g/mol. The first-order valence-corrected chi connectivity index (χ1v) is 10.5. The number of benzene rings is 1. The van der Waals surface area contributed by atoms with Crippen LogP contribution in [-0.4, -0.2) is 31.4 Å². The van der Waals surface area contributed by atoms with E-state index in [1.807, 2.05) is 47.9 Å². The minimum absolute atomic E-state index is 0.155. The Labute approximate surface area is 182 Å². The van der Waals surface area contributed by atoms with Crippen molar-refractivity contribution in [2.24, 2.45) is 0 Å². The summed E-state index contributed by atoms with van der Waals surface area (Å²) in [6.45, 7) is 2.37. The molecule has 4 rings (SSSR count). The van der Waals surface area contributed by atoms with Gasteiger partial charge in [0.05, 0.1) is 18.6 Å². The summed E-state index contributed by atoms with van der Waals surface area (Å²) >= 11 is 7.43. The molecule has 3 aromatic heterocycles. The minimum atomic E-state index is -0.155. The van der Waals surface area contributed by atoms with E-state index in [9.17, 15) is 4.79 Å². The van der Waals surface area contributed by atoms with Crippen LogP contribution in [0.2, 0.25) is 5.02 Å². The highest BCUT2D eigenvalue weighted by Crippen LogP contribution is 2.25. The third-order valence-electron chi connectivity index (χ3n) is 4.34. The van der Waals surface area contributed by atoms with Gasteiger partial charge < -0.3 is 9.73 Å². The normalized spacial score (nSPS) is 10.9. The van der Waals surface area contributed by atoms with E-state index in [1.165, 1.54) is 11.8 Å². The number of aromatic nitrogens is 4. The maximum atomic E-state index is 12.4. The van der Waals surface area contributed by atoms with Crippen LogP contribution >= 0.6 is 23.4 Å². The summed E-state index contributed by atoms with van der Waals surface area (Å²) in [5.41, 5.74) is 2.50. The zero-order chi connectivity index (χ0) is 20.9. The maximum absolute atomic E-state index is 12.4. The summed E-state index contributed by atoms with van der Waals surface area (Å²) in [7, 11) is 0. The van der Waals surface area contributed by atoms with Gasteiger partial charge in [0.2, 0.25) is 5.91 Å². The predicted octanol–water partition coefficient (Wildman–Crippen LogP) is 4.67. The van der Waals surface area contributed by atoms with Gasteiger partial charge in [-0.2, -0.15) is 0 Å². The molecule has 0 aliphatic rings. The molecule has 4 aromatic rings. The van der Waals surface area contributed by atoms with Gasteiger partial charge in [-0.3, -0.25) is 14.3 Å². The maximum Gasteiger partial charge on any atom is 0.234 e. The number of carbonyl (C=O) groups excluding carboxylic acids is 1. The Bertz CT molecular complexity index is 1150. The molecular weight excluding hydrogens is 422 g/mol. The van der Waals surface area contributed by atoms with Crippen molar-refractivity contribution in [3.05, 3.63) is 77.5 Å². The van der Waals surface area contributed by atoms with Crippen molar-refractivity contribution >= 4 is 35.0 Å². The number of hydrogen-bond donors (Lipinski definition) is 1. The van der Waals surface area contributed by atoms with E-state index in [4.69, 9.17) is 16.0 Å². The molecule has 1 amide bonds. The van der Waals surface area contributed by atoms with Crippen LogP contribution < -0.4 is 5.32 Å². The number of pyridine rings is 1. The van der Waals surface area contributed by atoms with Gasteiger partial charge in [0.25, 0.3) is 0 Å². The fourth-order valence-corrected chi connectivity index (χ4v) is 3.73. The number of furan rings is 1. The zero-order valence-corrected chi connectivity index (χ0v) is 17.7. The van der Waals surface area contributed by atoms with Crippen molar-refractivity contribution in [3.8, 4) is 11.4 Å². The number of nitrogens with zero attached hydrogens (tertiary/aromatic N) is 4. The molecule has 0 saturated heterocycles. The van der Waals surface area contributed by atoms with Crippen molar-refractivity contribution in [2.75, 3.05) is 11.1 Å². The molecule has 0 saturated carbocycles. The second kappa shape index (κ2) is 9.15. The number of hydrogen-bond acceptors (Lipinski definition) is 6. The lowest BCUT2D eigenvalue weighted by molar-refractivity contribution is -0.113. The Morgan fingerprint density at radius 2 is 2.03 bits per heavy atom.